The van der Waals surface area contributed by atoms with Crippen LogP contribution in [0.3, 0.4) is 0 Å². The fraction of sp³-hybridized carbons (Fsp3) is 0.625. The van der Waals surface area contributed by atoms with Gasteiger partial charge in [0.15, 0.2) is 0 Å². The number of aliphatic hydroxyl groups excluding tert-OH is 1. The molecule has 0 saturated carbocycles. The fourth-order valence-electron chi connectivity index (χ4n) is 1.18. The first-order valence-corrected chi connectivity index (χ1v) is 4.17. The Hall–Kier alpha value is -0.870. The van der Waals surface area contributed by atoms with Gasteiger partial charge in [-0.3, -0.25) is 0 Å². The van der Waals surface area contributed by atoms with E-state index >= 15 is 0 Å². The molecule has 0 aromatic carbocycles. The summed E-state index contributed by atoms with van der Waals surface area (Å²) in [6.45, 7) is 3.34. The summed E-state index contributed by atoms with van der Waals surface area (Å²) in [4.78, 5) is 3.96. The van der Waals surface area contributed by atoms with Gasteiger partial charge in [-0.05, 0) is 19.9 Å². The summed E-state index contributed by atoms with van der Waals surface area (Å²) in [6.07, 6.45) is 3.52. The zero-order valence-corrected chi connectivity index (χ0v) is 7.27. The molecule has 12 heavy (non-hydrogen) atoms. The average Bonchev–Trinajstić information content (AvgIpc) is 2.51. The number of nitrogens with two attached hydrogens (primary N) is 1. The third kappa shape index (κ3) is 1.84. The SMILES string of the molecule is CCn1cncc1[C@@H](O)CCN. The van der Waals surface area contributed by atoms with Crippen molar-refractivity contribution in [2.24, 2.45) is 5.73 Å². The molecule has 0 amide bonds. The van der Waals surface area contributed by atoms with E-state index in [1.54, 1.807) is 12.5 Å². The first-order valence-electron chi connectivity index (χ1n) is 4.17. The molecule has 1 aromatic rings. The minimum atomic E-state index is -0.475. The highest BCUT2D eigenvalue weighted by Crippen LogP contribution is 2.14. The van der Waals surface area contributed by atoms with Crippen LogP contribution in [-0.4, -0.2) is 21.2 Å². The molecule has 0 bridgehead atoms. The number of aromatic nitrogens is 2. The van der Waals surface area contributed by atoms with Gasteiger partial charge in [-0.1, -0.05) is 0 Å². The Balaban J connectivity index is 2.71. The molecule has 0 saturated heterocycles. The molecule has 1 heterocycles. The predicted octanol–water partition coefficient (Wildman–Crippen LogP) is 0.285. The second-order valence-corrected chi connectivity index (χ2v) is 2.70. The monoisotopic (exact) mass is 169 g/mol. The lowest BCUT2D eigenvalue weighted by Gasteiger charge is -2.10. The highest BCUT2D eigenvalue weighted by molar-refractivity contribution is 5.02. The Bertz CT molecular complexity index is 234. The van der Waals surface area contributed by atoms with E-state index in [0.29, 0.717) is 13.0 Å². The summed E-state index contributed by atoms with van der Waals surface area (Å²) in [7, 11) is 0. The van der Waals surface area contributed by atoms with E-state index in [-0.39, 0.29) is 0 Å². The lowest BCUT2D eigenvalue weighted by molar-refractivity contribution is 0.161. The highest BCUT2D eigenvalue weighted by atomic mass is 16.3. The number of hydrogen-bond donors (Lipinski definition) is 2. The zero-order valence-electron chi connectivity index (χ0n) is 7.27. The van der Waals surface area contributed by atoms with Gasteiger partial charge in [-0.2, -0.15) is 0 Å². The van der Waals surface area contributed by atoms with Gasteiger partial charge in [0.25, 0.3) is 0 Å². The largest absolute Gasteiger partial charge is 0.387 e. The number of aryl methyl sites for hydroxylation is 1. The summed E-state index contributed by atoms with van der Waals surface area (Å²) >= 11 is 0. The standard InChI is InChI=1S/C8H15N3O/c1-2-11-6-10-5-7(11)8(12)3-4-9/h5-6,8,12H,2-4,9H2,1H3/t8-/m0/s1. The van der Waals surface area contributed by atoms with Crippen molar-refractivity contribution in [2.75, 3.05) is 6.54 Å². The summed E-state index contributed by atoms with van der Waals surface area (Å²) in [5, 5.41) is 9.58. The van der Waals surface area contributed by atoms with Gasteiger partial charge >= 0.3 is 0 Å². The molecule has 4 heteroatoms. The van der Waals surface area contributed by atoms with E-state index in [2.05, 4.69) is 4.98 Å². The van der Waals surface area contributed by atoms with Crippen molar-refractivity contribution >= 4 is 0 Å². The molecule has 3 N–H and O–H groups in total. The van der Waals surface area contributed by atoms with Crippen LogP contribution in [0.2, 0.25) is 0 Å². The second-order valence-electron chi connectivity index (χ2n) is 2.70. The second kappa shape index (κ2) is 4.23. The zero-order chi connectivity index (χ0) is 8.97. The quantitative estimate of drug-likeness (QED) is 0.680. The molecular formula is C8H15N3O. The molecule has 0 aliphatic heterocycles. The lowest BCUT2D eigenvalue weighted by atomic mass is 10.2. The third-order valence-corrected chi connectivity index (χ3v) is 1.87. The molecule has 0 fully saturated rings. The lowest BCUT2D eigenvalue weighted by Crippen LogP contribution is -2.10. The average molecular weight is 169 g/mol. The molecule has 0 spiro atoms. The van der Waals surface area contributed by atoms with Crippen molar-refractivity contribution in [3.8, 4) is 0 Å². The number of imidazole rings is 1. The maximum absolute atomic E-state index is 9.58. The van der Waals surface area contributed by atoms with Gasteiger partial charge in [-0.25, -0.2) is 4.98 Å². The molecule has 68 valence electrons. The van der Waals surface area contributed by atoms with Gasteiger partial charge in [-0.15, -0.1) is 0 Å². The van der Waals surface area contributed by atoms with Gasteiger partial charge in [0.2, 0.25) is 0 Å². The number of hydrogen-bond acceptors (Lipinski definition) is 3. The van der Waals surface area contributed by atoms with Crippen LogP contribution in [0.15, 0.2) is 12.5 Å². The van der Waals surface area contributed by atoms with E-state index < -0.39 is 6.10 Å². The first kappa shape index (κ1) is 9.22. The maximum atomic E-state index is 9.58. The Kier molecular flexibility index (Phi) is 3.25. The number of aliphatic hydroxyl groups is 1. The van der Waals surface area contributed by atoms with Crippen LogP contribution in [0.1, 0.15) is 25.1 Å². The Morgan fingerprint density at radius 2 is 2.50 bits per heavy atom. The van der Waals surface area contributed by atoms with Crippen LogP contribution in [0, 0.1) is 0 Å². The van der Waals surface area contributed by atoms with Crippen molar-refractivity contribution < 1.29 is 5.11 Å². The summed E-state index contributed by atoms with van der Waals surface area (Å²) < 4.78 is 1.92. The van der Waals surface area contributed by atoms with E-state index in [9.17, 15) is 5.11 Å². The Morgan fingerprint density at radius 1 is 1.75 bits per heavy atom. The molecule has 1 rings (SSSR count). The molecule has 0 aliphatic rings. The Morgan fingerprint density at radius 3 is 3.08 bits per heavy atom. The summed E-state index contributed by atoms with van der Waals surface area (Å²) in [6, 6.07) is 0. The molecular weight excluding hydrogens is 154 g/mol. The third-order valence-electron chi connectivity index (χ3n) is 1.87. The van der Waals surface area contributed by atoms with Gasteiger partial charge in [0.05, 0.1) is 24.3 Å². The smallest absolute Gasteiger partial charge is 0.0967 e. The minimum absolute atomic E-state index is 0.475. The first-order chi connectivity index (χ1) is 5.79. The fourth-order valence-corrected chi connectivity index (χ4v) is 1.18. The number of rotatable bonds is 4. The summed E-state index contributed by atoms with van der Waals surface area (Å²) in [5.41, 5.74) is 6.19. The normalized spacial score (nSPS) is 13.2. The van der Waals surface area contributed by atoms with E-state index in [1.807, 2.05) is 11.5 Å². The predicted molar refractivity (Wildman–Crippen MR) is 46.5 cm³/mol. The molecule has 4 nitrogen and oxygen atoms in total. The maximum Gasteiger partial charge on any atom is 0.0967 e. The molecule has 1 aromatic heterocycles. The van der Waals surface area contributed by atoms with Crippen molar-refractivity contribution in [2.45, 2.75) is 26.0 Å². The van der Waals surface area contributed by atoms with E-state index in [1.165, 1.54) is 0 Å². The molecule has 0 radical (unpaired) electrons. The van der Waals surface area contributed by atoms with Crippen LogP contribution in [-0.2, 0) is 6.54 Å². The van der Waals surface area contributed by atoms with Crippen LogP contribution in [0.25, 0.3) is 0 Å². The van der Waals surface area contributed by atoms with E-state index in [0.717, 1.165) is 12.2 Å². The van der Waals surface area contributed by atoms with Crippen LogP contribution in [0.5, 0.6) is 0 Å². The Labute approximate surface area is 72.0 Å². The van der Waals surface area contributed by atoms with Crippen molar-refractivity contribution in [3.05, 3.63) is 18.2 Å². The molecule has 1 atom stereocenters. The van der Waals surface area contributed by atoms with Gasteiger partial charge in [0.1, 0.15) is 0 Å². The number of nitrogens with zero attached hydrogens (tertiary/aromatic N) is 2. The van der Waals surface area contributed by atoms with Crippen molar-refractivity contribution in [1.82, 2.24) is 9.55 Å². The minimum Gasteiger partial charge on any atom is -0.387 e. The van der Waals surface area contributed by atoms with Crippen LogP contribution < -0.4 is 5.73 Å². The topological polar surface area (TPSA) is 64.1 Å². The summed E-state index contributed by atoms with van der Waals surface area (Å²) in [5.74, 6) is 0. The van der Waals surface area contributed by atoms with Crippen LogP contribution in [0.4, 0.5) is 0 Å². The molecule has 0 unspecified atom stereocenters. The van der Waals surface area contributed by atoms with Crippen molar-refractivity contribution in [1.29, 1.82) is 0 Å². The molecule has 0 aliphatic carbocycles. The van der Waals surface area contributed by atoms with Gasteiger partial charge < -0.3 is 15.4 Å². The van der Waals surface area contributed by atoms with Gasteiger partial charge in [0, 0.05) is 6.54 Å². The van der Waals surface area contributed by atoms with E-state index in [4.69, 9.17) is 5.73 Å². The van der Waals surface area contributed by atoms with Crippen molar-refractivity contribution in [3.63, 3.8) is 0 Å². The van der Waals surface area contributed by atoms with Crippen LogP contribution >= 0.6 is 0 Å². The highest BCUT2D eigenvalue weighted by Gasteiger charge is 2.10.